The third-order valence-corrected chi connectivity index (χ3v) is 2.74. The summed E-state index contributed by atoms with van der Waals surface area (Å²) >= 11 is 0. The highest BCUT2D eigenvalue weighted by molar-refractivity contribution is 6.01. The summed E-state index contributed by atoms with van der Waals surface area (Å²) in [6, 6.07) is 0. The number of fused-ring (bicyclic) bond motifs is 1. The van der Waals surface area contributed by atoms with E-state index in [9.17, 15) is 4.79 Å². The van der Waals surface area contributed by atoms with E-state index < -0.39 is 11.7 Å². The molecule has 0 atom stereocenters. The molecular formula is C13H18N4O3. The van der Waals surface area contributed by atoms with Crippen LogP contribution in [0.4, 0.5) is 10.7 Å². The Balaban J connectivity index is 2.14. The van der Waals surface area contributed by atoms with E-state index in [2.05, 4.69) is 20.4 Å². The van der Waals surface area contributed by atoms with Crippen molar-refractivity contribution in [1.29, 1.82) is 0 Å². The predicted octanol–water partition coefficient (Wildman–Crippen LogP) is 2.34. The molecule has 0 spiro atoms. The molecule has 0 radical (unpaired) electrons. The van der Waals surface area contributed by atoms with Gasteiger partial charge < -0.3 is 9.94 Å². The number of carbonyl (C=O) groups excluding carboxylic acids is 1. The summed E-state index contributed by atoms with van der Waals surface area (Å²) in [5.74, 6) is 0.192. The first-order valence-electron chi connectivity index (χ1n) is 6.46. The number of aryl methyl sites for hydroxylation is 1. The van der Waals surface area contributed by atoms with Crippen molar-refractivity contribution in [3.63, 3.8) is 0 Å². The highest BCUT2D eigenvalue weighted by Gasteiger charge is 2.20. The number of oxime groups is 1. The van der Waals surface area contributed by atoms with Gasteiger partial charge in [-0.3, -0.25) is 5.32 Å². The van der Waals surface area contributed by atoms with E-state index in [1.807, 2.05) is 0 Å². The number of rotatable bonds is 1. The Bertz CT molecular complexity index is 549. The fourth-order valence-corrected chi connectivity index (χ4v) is 1.97. The van der Waals surface area contributed by atoms with Crippen LogP contribution in [0.15, 0.2) is 11.4 Å². The number of carbonyl (C=O) groups is 1. The highest BCUT2D eigenvalue weighted by atomic mass is 16.6. The summed E-state index contributed by atoms with van der Waals surface area (Å²) in [5, 5.41) is 14.7. The van der Waals surface area contributed by atoms with Gasteiger partial charge in [0.2, 0.25) is 5.95 Å². The lowest BCUT2D eigenvalue weighted by Crippen LogP contribution is -2.28. The lowest BCUT2D eigenvalue weighted by Gasteiger charge is -2.20. The van der Waals surface area contributed by atoms with Crippen LogP contribution in [-0.2, 0) is 11.2 Å². The monoisotopic (exact) mass is 278 g/mol. The molecule has 1 heterocycles. The van der Waals surface area contributed by atoms with Crippen molar-refractivity contribution in [1.82, 2.24) is 9.97 Å². The zero-order valence-corrected chi connectivity index (χ0v) is 11.8. The van der Waals surface area contributed by atoms with Gasteiger partial charge in [0.15, 0.2) is 0 Å². The van der Waals surface area contributed by atoms with Crippen molar-refractivity contribution in [3.8, 4) is 0 Å². The molecule has 0 bridgehead atoms. The highest BCUT2D eigenvalue weighted by Crippen LogP contribution is 2.20. The van der Waals surface area contributed by atoms with E-state index in [1.54, 1.807) is 27.0 Å². The lowest BCUT2D eigenvalue weighted by atomic mass is 9.95. The molecule has 2 rings (SSSR count). The first-order chi connectivity index (χ1) is 9.39. The fraction of sp³-hybridized carbons (Fsp3) is 0.538. The van der Waals surface area contributed by atoms with Crippen molar-refractivity contribution in [2.45, 2.75) is 45.6 Å². The second kappa shape index (κ2) is 5.44. The van der Waals surface area contributed by atoms with Gasteiger partial charge in [-0.05, 0) is 40.0 Å². The minimum atomic E-state index is -0.593. The van der Waals surface area contributed by atoms with Crippen LogP contribution in [0, 0.1) is 0 Å². The fourth-order valence-electron chi connectivity index (χ4n) is 1.97. The van der Waals surface area contributed by atoms with Gasteiger partial charge in [0.25, 0.3) is 0 Å². The minimum Gasteiger partial charge on any atom is -0.444 e. The summed E-state index contributed by atoms with van der Waals surface area (Å²) in [6.07, 6.45) is 3.29. The Labute approximate surface area is 117 Å². The standard InChI is InChI=1S/C13H18N4O3/c1-13(2,3)20-12(18)16-11-14-7-8-9(15-11)5-4-6-10(8)17-19/h7,19H,4-6H2,1-3H3,(H,14,15,16,18)/b17-10-. The quantitative estimate of drug-likeness (QED) is 0.607. The third kappa shape index (κ3) is 3.43. The van der Waals surface area contributed by atoms with Crippen molar-refractivity contribution < 1.29 is 14.7 Å². The van der Waals surface area contributed by atoms with E-state index in [-0.39, 0.29) is 5.95 Å². The molecule has 0 aliphatic heterocycles. The SMILES string of the molecule is CC(C)(C)OC(=O)Nc1ncc2c(n1)CCC/C2=N/O. The Hall–Kier alpha value is -2.18. The van der Waals surface area contributed by atoms with E-state index in [0.29, 0.717) is 12.1 Å². The molecule has 7 heteroatoms. The molecule has 20 heavy (non-hydrogen) atoms. The maximum Gasteiger partial charge on any atom is 0.414 e. The van der Waals surface area contributed by atoms with Gasteiger partial charge in [0.05, 0.1) is 11.4 Å². The van der Waals surface area contributed by atoms with E-state index in [4.69, 9.17) is 9.94 Å². The van der Waals surface area contributed by atoms with Gasteiger partial charge >= 0.3 is 6.09 Å². The van der Waals surface area contributed by atoms with Crippen molar-refractivity contribution in [2.24, 2.45) is 5.16 Å². The van der Waals surface area contributed by atoms with Crippen molar-refractivity contribution in [3.05, 3.63) is 17.5 Å². The van der Waals surface area contributed by atoms with Crippen LogP contribution < -0.4 is 5.32 Å². The number of ether oxygens (including phenoxy) is 1. The van der Waals surface area contributed by atoms with E-state index in [0.717, 1.165) is 24.1 Å². The van der Waals surface area contributed by atoms with Crippen LogP contribution in [0.5, 0.6) is 0 Å². The molecule has 1 aromatic rings. The Morgan fingerprint density at radius 3 is 2.85 bits per heavy atom. The molecule has 0 fully saturated rings. The van der Waals surface area contributed by atoms with Crippen LogP contribution in [0.25, 0.3) is 0 Å². The van der Waals surface area contributed by atoms with Crippen LogP contribution >= 0.6 is 0 Å². The lowest BCUT2D eigenvalue weighted by molar-refractivity contribution is 0.0634. The van der Waals surface area contributed by atoms with Gasteiger partial charge in [-0.2, -0.15) is 0 Å². The van der Waals surface area contributed by atoms with Gasteiger partial charge in [0.1, 0.15) is 5.60 Å². The topological polar surface area (TPSA) is 96.7 Å². The third-order valence-electron chi connectivity index (χ3n) is 2.74. The van der Waals surface area contributed by atoms with E-state index >= 15 is 0 Å². The molecule has 1 aliphatic carbocycles. The van der Waals surface area contributed by atoms with Gasteiger partial charge in [-0.25, -0.2) is 14.8 Å². The maximum atomic E-state index is 11.6. The Morgan fingerprint density at radius 1 is 1.45 bits per heavy atom. The van der Waals surface area contributed by atoms with Gasteiger partial charge in [-0.1, -0.05) is 5.16 Å². The number of aromatic nitrogens is 2. The number of hydrogen-bond donors (Lipinski definition) is 2. The number of amides is 1. The van der Waals surface area contributed by atoms with Crippen LogP contribution in [-0.4, -0.2) is 32.6 Å². The van der Waals surface area contributed by atoms with Crippen molar-refractivity contribution >= 4 is 17.8 Å². The first-order valence-corrected chi connectivity index (χ1v) is 6.46. The van der Waals surface area contributed by atoms with Crippen LogP contribution in [0.2, 0.25) is 0 Å². The van der Waals surface area contributed by atoms with Crippen LogP contribution in [0.1, 0.15) is 44.9 Å². The second-order valence-electron chi connectivity index (χ2n) is 5.58. The minimum absolute atomic E-state index is 0.192. The molecule has 0 saturated carbocycles. The number of nitrogens with one attached hydrogen (secondary N) is 1. The zero-order valence-electron chi connectivity index (χ0n) is 11.8. The Kier molecular flexibility index (Phi) is 3.87. The predicted molar refractivity (Wildman–Crippen MR) is 73.2 cm³/mol. The van der Waals surface area contributed by atoms with Crippen molar-refractivity contribution in [2.75, 3.05) is 5.32 Å². The molecule has 2 N–H and O–H groups in total. The summed E-state index contributed by atoms with van der Waals surface area (Å²) < 4.78 is 5.13. The molecule has 0 aromatic carbocycles. The summed E-state index contributed by atoms with van der Waals surface area (Å²) in [5.41, 5.74) is 1.50. The molecular weight excluding hydrogens is 260 g/mol. The first kappa shape index (κ1) is 14.2. The molecule has 1 amide bonds. The normalized spacial score (nSPS) is 16.6. The molecule has 1 aliphatic rings. The molecule has 108 valence electrons. The van der Waals surface area contributed by atoms with Gasteiger partial charge in [0, 0.05) is 11.8 Å². The average molecular weight is 278 g/mol. The number of nitrogens with zero attached hydrogens (tertiary/aromatic N) is 3. The smallest absolute Gasteiger partial charge is 0.414 e. The van der Waals surface area contributed by atoms with Crippen LogP contribution in [0.3, 0.4) is 0 Å². The second-order valence-corrected chi connectivity index (χ2v) is 5.58. The summed E-state index contributed by atoms with van der Waals surface area (Å²) in [6.45, 7) is 5.35. The molecule has 0 unspecified atom stereocenters. The number of hydrogen-bond acceptors (Lipinski definition) is 6. The molecule has 7 nitrogen and oxygen atoms in total. The average Bonchev–Trinajstić information content (AvgIpc) is 2.35. The maximum absolute atomic E-state index is 11.6. The molecule has 0 saturated heterocycles. The van der Waals surface area contributed by atoms with E-state index in [1.165, 1.54) is 0 Å². The summed E-state index contributed by atoms with van der Waals surface area (Å²) in [7, 11) is 0. The zero-order chi connectivity index (χ0) is 14.8. The molecule has 1 aromatic heterocycles. The largest absolute Gasteiger partial charge is 0.444 e. The van der Waals surface area contributed by atoms with Gasteiger partial charge in [-0.15, -0.1) is 0 Å². The Morgan fingerprint density at radius 2 is 2.20 bits per heavy atom. The summed E-state index contributed by atoms with van der Waals surface area (Å²) in [4.78, 5) is 20.0. The number of anilines is 1.